The van der Waals surface area contributed by atoms with Gasteiger partial charge in [0, 0.05) is 32.5 Å². The van der Waals surface area contributed by atoms with Gasteiger partial charge in [-0.1, -0.05) is 18.2 Å². The van der Waals surface area contributed by atoms with Crippen LogP contribution in [0.4, 0.5) is 0 Å². The Morgan fingerprint density at radius 3 is 2.91 bits per heavy atom. The molecule has 0 aliphatic carbocycles. The number of hydrogen-bond donors (Lipinski definition) is 2. The van der Waals surface area contributed by atoms with Gasteiger partial charge in [-0.25, -0.2) is 4.99 Å². The molecule has 1 aromatic carbocycles. The molecule has 3 N–H and O–H groups in total. The van der Waals surface area contributed by atoms with Crippen LogP contribution in [0.15, 0.2) is 41.7 Å². The maximum absolute atomic E-state index is 5.78. The first kappa shape index (κ1) is 18.4. The van der Waals surface area contributed by atoms with E-state index < -0.39 is 0 Å². The lowest BCUT2D eigenvalue weighted by molar-refractivity contribution is 0.204. The van der Waals surface area contributed by atoms with E-state index in [9.17, 15) is 0 Å². The Balaban J connectivity index is 0.00000242. The number of aryl methyl sites for hydroxylation is 1. The second-order valence-corrected chi connectivity index (χ2v) is 4.72. The molecule has 0 saturated carbocycles. The number of aromatic nitrogens is 2. The number of nitrogens with two attached hydrogens (primary N) is 1. The molecule has 0 radical (unpaired) electrons. The second-order valence-electron chi connectivity index (χ2n) is 4.72. The highest BCUT2D eigenvalue weighted by atomic mass is 127. The lowest BCUT2D eigenvalue weighted by Gasteiger charge is -2.05. The Bertz CT molecular complexity index is 611. The fourth-order valence-corrected chi connectivity index (χ4v) is 1.93. The summed E-state index contributed by atoms with van der Waals surface area (Å²) < 4.78 is 6.73. The van der Waals surface area contributed by atoms with Gasteiger partial charge < -0.3 is 15.8 Å². The van der Waals surface area contributed by atoms with Gasteiger partial charge >= 0.3 is 0 Å². The molecule has 0 saturated heterocycles. The van der Waals surface area contributed by atoms with Gasteiger partial charge in [-0.05, 0) is 17.2 Å². The lowest BCUT2D eigenvalue weighted by atomic mass is 10.1. The molecular weight excluding hydrogens is 393 g/mol. The Morgan fingerprint density at radius 2 is 2.23 bits per heavy atom. The van der Waals surface area contributed by atoms with E-state index in [-0.39, 0.29) is 24.0 Å². The van der Waals surface area contributed by atoms with E-state index in [4.69, 9.17) is 10.5 Å². The highest BCUT2D eigenvalue weighted by Crippen LogP contribution is 2.19. The van der Waals surface area contributed by atoms with Gasteiger partial charge in [-0.2, -0.15) is 5.10 Å². The normalized spacial score (nSPS) is 11.1. The van der Waals surface area contributed by atoms with Crippen molar-refractivity contribution in [3.05, 3.63) is 42.2 Å². The van der Waals surface area contributed by atoms with E-state index in [0.29, 0.717) is 25.7 Å². The first-order valence-electron chi connectivity index (χ1n) is 6.79. The number of halogens is 1. The van der Waals surface area contributed by atoms with Crippen molar-refractivity contribution in [2.45, 2.75) is 6.54 Å². The Morgan fingerprint density at radius 1 is 1.41 bits per heavy atom. The number of nitrogens with zero attached hydrogens (tertiary/aromatic N) is 3. The molecule has 1 aromatic heterocycles. The fraction of sp³-hybridized carbons (Fsp3) is 0.333. The third-order valence-electron chi connectivity index (χ3n) is 3.01. The molecule has 0 fully saturated rings. The van der Waals surface area contributed by atoms with Crippen LogP contribution in [-0.4, -0.2) is 36.0 Å². The summed E-state index contributed by atoms with van der Waals surface area (Å²) in [6.07, 6.45) is 3.84. The average molecular weight is 415 g/mol. The zero-order valence-electron chi connectivity index (χ0n) is 12.8. The molecule has 0 spiro atoms. The molecule has 0 bridgehead atoms. The van der Waals surface area contributed by atoms with Crippen LogP contribution < -0.4 is 11.1 Å². The molecule has 0 amide bonds. The number of ether oxygens (including phenoxy) is 1. The second kappa shape index (κ2) is 9.42. The van der Waals surface area contributed by atoms with Crippen molar-refractivity contribution < 1.29 is 4.74 Å². The molecular formula is C15H22IN5O. The zero-order chi connectivity index (χ0) is 15.1. The van der Waals surface area contributed by atoms with Gasteiger partial charge in [0.2, 0.25) is 0 Å². The van der Waals surface area contributed by atoms with Crippen LogP contribution in [0, 0.1) is 0 Å². The highest BCUT2D eigenvalue weighted by Gasteiger charge is 2.01. The van der Waals surface area contributed by atoms with E-state index >= 15 is 0 Å². The summed E-state index contributed by atoms with van der Waals surface area (Å²) in [4.78, 5) is 4.31. The molecule has 0 unspecified atom stereocenters. The smallest absolute Gasteiger partial charge is 0.188 e. The predicted molar refractivity (Wildman–Crippen MR) is 99.3 cm³/mol. The van der Waals surface area contributed by atoms with Crippen LogP contribution in [-0.2, 0) is 18.3 Å². The number of hydrogen-bond acceptors (Lipinski definition) is 3. The van der Waals surface area contributed by atoms with Crippen molar-refractivity contribution in [2.24, 2.45) is 17.8 Å². The van der Waals surface area contributed by atoms with Gasteiger partial charge in [0.15, 0.2) is 5.96 Å². The van der Waals surface area contributed by atoms with Gasteiger partial charge in [0.1, 0.15) is 0 Å². The van der Waals surface area contributed by atoms with Crippen LogP contribution in [0.3, 0.4) is 0 Å². The molecule has 0 atom stereocenters. The zero-order valence-corrected chi connectivity index (χ0v) is 15.2. The standard InChI is InChI=1S/C15H21N5O.HI/c1-20-11-14(10-19-20)13-5-3-4-12(8-13)9-18-15(16)17-6-7-21-2;/h3-5,8,10-11H,6-7,9H2,1-2H3,(H3,16,17,18);1H. The largest absolute Gasteiger partial charge is 0.383 e. The van der Waals surface area contributed by atoms with Gasteiger partial charge in [-0.15, -0.1) is 24.0 Å². The molecule has 120 valence electrons. The summed E-state index contributed by atoms with van der Waals surface area (Å²) in [5.41, 5.74) is 9.11. The number of benzene rings is 1. The molecule has 0 aliphatic rings. The molecule has 2 rings (SSSR count). The van der Waals surface area contributed by atoms with Crippen LogP contribution in [0.25, 0.3) is 11.1 Å². The SMILES string of the molecule is COCCNC(N)=NCc1cccc(-c2cnn(C)c2)c1.I. The Kier molecular flexibility index (Phi) is 7.89. The molecule has 6 nitrogen and oxygen atoms in total. The van der Waals surface area contributed by atoms with Crippen LogP contribution in [0.5, 0.6) is 0 Å². The molecule has 0 aliphatic heterocycles. The van der Waals surface area contributed by atoms with Crippen molar-refractivity contribution >= 4 is 29.9 Å². The summed E-state index contributed by atoms with van der Waals surface area (Å²) in [6.45, 7) is 1.80. The summed E-state index contributed by atoms with van der Waals surface area (Å²) in [6, 6.07) is 8.21. The van der Waals surface area contributed by atoms with Crippen LogP contribution in [0.2, 0.25) is 0 Å². The monoisotopic (exact) mass is 415 g/mol. The third kappa shape index (κ3) is 5.64. The minimum Gasteiger partial charge on any atom is -0.383 e. The molecule has 22 heavy (non-hydrogen) atoms. The first-order valence-corrected chi connectivity index (χ1v) is 6.79. The summed E-state index contributed by atoms with van der Waals surface area (Å²) in [7, 11) is 3.56. The van der Waals surface area contributed by atoms with Gasteiger partial charge in [0.05, 0.1) is 19.3 Å². The minimum atomic E-state index is 0. The lowest BCUT2D eigenvalue weighted by Crippen LogP contribution is -2.34. The van der Waals surface area contributed by atoms with E-state index in [1.54, 1.807) is 11.8 Å². The maximum atomic E-state index is 5.78. The molecule has 1 heterocycles. The van der Waals surface area contributed by atoms with Crippen molar-refractivity contribution in [1.82, 2.24) is 15.1 Å². The average Bonchev–Trinajstić information content (AvgIpc) is 2.92. The van der Waals surface area contributed by atoms with Crippen molar-refractivity contribution in [2.75, 3.05) is 20.3 Å². The Hall–Kier alpha value is -1.61. The summed E-state index contributed by atoms with van der Waals surface area (Å²) in [5.74, 6) is 0.429. The van der Waals surface area contributed by atoms with Gasteiger partial charge in [0.25, 0.3) is 0 Å². The highest BCUT2D eigenvalue weighted by molar-refractivity contribution is 14.0. The quantitative estimate of drug-likeness (QED) is 0.326. The summed E-state index contributed by atoms with van der Waals surface area (Å²) >= 11 is 0. The van der Waals surface area contributed by atoms with E-state index in [1.807, 2.05) is 31.6 Å². The van der Waals surface area contributed by atoms with E-state index in [0.717, 1.165) is 16.7 Å². The number of methoxy groups -OCH3 is 1. The van der Waals surface area contributed by atoms with E-state index in [2.05, 4.69) is 27.5 Å². The predicted octanol–water partition coefficient (Wildman–Crippen LogP) is 1.76. The molecule has 2 aromatic rings. The first-order chi connectivity index (χ1) is 10.2. The summed E-state index contributed by atoms with van der Waals surface area (Å²) in [5, 5.41) is 7.18. The number of nitrogens with one attached hydrogen (secondary N) is 1. The van der Waals surface area contributed by atoms with E-state index in [1.165, 1.54) is 0 Å². The number of aliphatic imine (C=N–C) groups is 1. The Labute approximate surface area is 147 Å². The maximum Gasteiger partial charge on any atom is 0.188 e. The number of guanidine groups is 1. The van der Waals surface area contributed by atoms with Gasteiger partial charge in [-0.3, -0.25) is 4.68 Å². The van der Waals surface area contributed by atoms with Crippen molar-refractivity contribution in [3.8, 4) is 11.1 Å². The third-order valence-corrected chi connectivity index (χ3v) is 3.01. The van der Waals surface area contributed by atoms with Crippen molar-refractivity contribution in [3.63, 3.8) is 0 Å². The molecule has 7 heteroatoms. The van der Waals surface area contributed by atoms with Crippen LogP contribution >= 0.6 is 24.0 Å². The fourth-order valence-electron chi connectivity index (χ4n) is 1.93. The minimum absolute atomic E-state index is 0. The number of rotatable bonds is 6. The van der Waals surface area contributed by atoms with Crippen LogP contribution in [0.1, 0.15) is 5.56 Å². The van der Waals surface area contributed by atoms with Crippen molar-refractivity contribution in [1.29, 1.82) is 0 Å². The topological polar surface area (TPSA) is 77.5 Å².